The Balaban J connectivity index is 1.47. The molecule has 0 atom stereocenters. The molecule has 1 aliphatic rings. The van der Waals surface area contributed by atoms with Crippen LogP contribution in [0.15, 0.2) is 132 Å². The number of benzene rings is 6. The van der Waals surface area contributed by atoms with Gasteiger partial charge in [-0.15, -0.1) is 0 Å². The molecule has 1 aliphatic carbocycles. The molecule has 186 valence electrons. The van der Waals surface area contributed by atoms with Crippen LogP contribution in [-0.2, 0) is 5.41 Å². The SMILES string of the molecule is CC1(C)c2ccccc2-c2cc3ccc4cccc(N(c5ccccc5)c5cccc6occc56)c4c3cc21. The highest BCUT2D eigenvalue weighted by molar-refractivity contribution is 6.17. The predicted molar refractivity (Wildman–Crippen MR) is 163 cm³/mol. The standard InChI is InChI=1S/C37H27NO/c1-37(2)31-14-7-6-13-27(31)30-22-25-19-18-24-10-8-16-34(36(24)29(25)23-32(30)37)38(26-11-4-3-5-12-26)33-15-9-17-35-28(33)20-21-39-35/h3-23H,1-2H3. The quantitative estimate of drug-likeness (QED) is 0.224. The zero-order chi connectivity index (χ0) is 26.1. The Morgan fingerprint density at radius 3 is 2.23 bits per heavy atom. The fraction of sp³-hybridized carbons (Fsp3) is 0.0811. The van der Waals surface area contributed by atoms with Crippen molar-refractivity contribution < 1.29 is 4.42 Å². The first-order valence-electron chi connectivity index (χ1n) is 13.5. The van der Waals surface area contributed by atoms with Gasteiger partial charge in [-0.25, -0.2) is 0 Å². The maximum absolute atomic E-state index is 5.82. The minimum atomic E-state index is -0.0568. The van der Waals surface area contributed by atoms with Crippen molar-refractivity contribution in [1.29, 1.82) is 0 Å². The molecule has 0 spiro atoms. The van der Waals surface area contributed by atoms with Crippen LogP contribution in [0.1, 0.15) is 25.0 Å². The number of nitrogens with zero attached hydrogens (tertiary/aromatic N) is 1. The second-order valence-corrected chi connectivity index (χ2v) is 11.0. The Hall–Kier alpha value is -4.82. The van der Waals surface area contributed by atoms with Crippen molar-refractivity contribution in [1.82, 2.24) is 0 Å². The highest BCUT2D eigenvalue weighted by Crippen LogP contribution is 2.51. The summed E-state index contributed by atoms with van der Waals surface area (Å²) in [6.07, 6.45) is 1.78. The molecular weight excluding hydrogens is 474 g/mol. The first-order chi connectivity index (χ1) is 19.1. The smallest absolute Gasteiger partial charge is 0.135 e. The van der Waals surface area contributed by atoms with Gasteiger partial charge in [0, 0.05) is 21.9 Å². The molecule has 0 radical (unpaired) electrons. The van der Waals surface area contributed by atoms with Crippen molar-refractivity contribution >= 4 is 49.6 Å². The molecule has 0 saturated carbocycles. The molecule has 0 saturated heterocycles. The molecule has 6 aromatic carbocycles. The first-order valence-corrected chi connectivity index (χ1v) is 13.5. The number of hydrogen-bond donors (Lipinski definition) is 0. The van der Waals surface area contributed by atoms with Gasteiger partial charge in [-0.05, 0) is 86.9 Å². The molecule has 0 N–H and O–H groups in total. The molecular formula is C37H27NO. The van der Waals surface area contributed by atoms with Crippen molar-refractivity contribution in [3.63, 3.8) is 0 Å². The minimum absolute atomic E-state index is 0.0568. The van der Waals surface area contributed by atoms with E-state index in [1.54, 1.807) is 6.26 Å². The van der Waals surface area contributed by atoms with Gasteiger partial charge in [-0.2, -0.15) is 0 Å². The summed E-state index contributed by atoms with van der Waals surface area (Å²) in [5, 5.41) is 6.12. The summed E-state index contributed by atoms with van der Waals surface area (Å²) < 4.78 is 5.82. The summed E-state index contributed by atoms with van der Waals surface area (Å²) in [5.41, 5.74) is 9.70. The van der Waals surface area contributed by atoms with Gasteiger partial charge >= 0.3 is 0 Å². The Bertz CT molecular complexity index is 2050. The highest BCUT2D eigenvalue weighted by Gasteiger charge is 2.35. The van der Waals surface area contributed by atoms with Gasteiger partial charge in [0.25, 0.3) is 0 Å². The third-order valence-corrected chi connectivity index (χ3v) is 8.51. The van der Waals surface area contributed by atoms with Crippen LogP contribution < -0.4 is 4.90 Å². The molecule has 1 aromatic heterocycles. The second-order valence-electron chi connectivity index (χ2n) is 11.0. The lowest BCUT2D eigenvalue weighted by molar-refractivity contribution is 0.616. The van der Waals surface area contributed by atoms with E-state index in [1.165, 1.54) is 43.8 Å². The van der Waals surface area contributed by atoms with E-state index in [2.05, 4.69) is 134 Å². The van der Waals surface area contributed by atoms with E-state index >= 15 is 0 Å². The van der Waals surface area contributed by atoms with Gasteiger partial charge in [-0.1, -0.05) is 86.6 Å². The zero-order valence-corrected chi connectivity index (χ0v) is 22.0. The molecule has 1 heterocycles. The lowest BCUT2D eigenvalue weighted by Gasteiger charge is -2.28. The van der Waals surface area contributed by atoms with Crippen LogP contribution in [0.25, 0.3) is 43.6 Å². The van der Waals surface area contributed by atoms with Crippen LogP contribution in [0, 0.1) is 0 Å². The second kappa shape index (κ2) is 8.09. The number of fused-ring (bicyclic) bond motifs is 7. The van der Waals surface area contributed by atoms with Gasteiger partial charge in [0.2, 0.25) is 0 Å². The van der Waals surface area contributed by atoms with Crippen LogP contribution in [0.4, 0.5) is 17.1 Å². The number of rotatable bonds is 3. The van der Waals surface area contributed by atoms with E-state index in [0.717, 1.165) is 28.0 Å². The lowest BCUT2D eigenvalue weighted by Crippen LogP contribution is -2.15. The predicted octanol–water partition coefficient (Wildman–Crippen LogP) is 10.5. The molecule has 2 heteroatoms. The van der Waals surface area contributed by atoms with Crippen molar-refractivity contribution in [2.75, 3.05) is 4.90 Å². The summed E-state index contributed by atoms with van der Waals surface area (Å²) in [6.45, 7) is 4.71. The number of hydrogen-bond acceptors (Lipinski definition) is 2. The summed E-state index contributed by atoms with van der Waals surface area (Å²) >= 11 is 0. The maximum atomic E-state index is 5.82. The van der Waals surface area contributed by atoms with Crippen molar-refractivity contribution in [2.24, 2.45) is 0 Å². The van der Waals surface area contributed by atoms with Crippen LogP contribution in [-0.4, -0.2) is 0 Å². The maximum Gasteiger partial charge on any atom is 0.135 e. The van der Waals surface area contributed by atoms with Gasteiger partial charge < -0.3 is 9.32 Å². The topological polar surface area (TPSA) is 16.4 Å². The molecule has 0 unspecified atom stereocenters. The lowest BCUT2D eigenvalue weighted by atomic mass is 9.81. The van der Waals surface area contributed by atoms with Gasteiger partial charge in [-0.3, -0.25) is 0 Å². The van der Waals surface area contributed by atoms with Crippen LogP contribution in [0.2, 0.25) is 0 Å². The summed E-state index contributed by atoms with van der Waals surface area (Å²) in [4.78, 5) is 2.38. The minimum Gasteiger partial charge on any atom is -0.464 e. The monoisotopic (exact) mass is 501 g/mol. The van der Waals surface area contributed by atoms with Gasteiger partial charge in [0.1, 0.15) is 5.58 Å². The molecule has 0 fully saturated rings. The number of furan rings is 1. The third-order valence-electron chi connectivity index (χ3n) is 8.51. The molecule has 0 amide bonds. The Kier molecular flexibility index (Phi) is 4.60. The molecule has 7 aromatic rings. The average Bonchev–Trinajstić information content (AvgIpc) is 3.54. The fourth-order valence-corrected chi connectivity index (χ4v) is 6.63. The molecule has 2 nitrogen and oxygen atoms in total. The van der Waals surface area contributed by atoms with Crippen LogP contribution >= 0.6 is 0 Å². The first kappa shape index (κ1) is 22.2. The van der Waals surface area contributed by atoms with E-state index < -0.39 is 0 Å². The molecule has 0 aliphatic heterocycles. The Labute approximate surface area is 227 Å². The van der Waals surface area contributed by atoms with E-state index in [9.17, 15) is 0 Å². The normalized spacial score (nSPS) is 13.6. The zero-order valence-electron chi connectivity index (χ0n) is 22.0. The largest absolute Gasteiger partial charge is 0.464 e. The Morgan fingerprint density at radius 1 is 0.564 bits per heavy atom. The van der Waals surface area contributed by atoms with Gasteiger partial charge in [0.15, 0.2) is 0 Å². The van der Waals surface area contributed by atoms with Gasteiger partial charge in [0.05, 0.1) is 17.6 Å². The van der Waals surface area contributed by atoms with E-state index in [0.29, 0.717) is 0 Å². The average molecular weight is 502 g/mol. The molecule has 39 heavy (non-hydrogen) atoms. The van der Waals surface area contributed by atoms with Crippen molar-refractivity contribution in [3.8, 4) is 11.1 Å². The van der Waals surface area contributed by atoms with Crippen LogP contribution in [0.3, 0.4) is 0 Å². The van der Waals surface area contributed by atoms with Crippen LogP contribution in [0.5, 0.6) is 0 Å². The van der Waals surface area contributed by atoms with E-state index in [4.69, 9.17) is 4.42 Å². The summed E-state index contributed by atoms with van der Waals surface area (Å²) in [7, 11) is 0. The fourth-order valence-electron chi connectivity index (χ4n) is 6.63. The highest BCUT2D eigenvalue weighted by atomic mass is 16.3. The molecule has 0 bridgehead atoms. The summed E-state index contributed by atoms with van der Waals surface area (Å²) in [6, 6.07) is 43.9. The number of para-hydroxylation sites is 1. The number of anilines is 3. The van der Waals surface area contributed by atoms with Crippen molar-refractivity contribution in [2.45, 2.75) is 19.3 Å². The van der Waals surface area contributed by atoms with E-state index in [-0.39, 0.29) is 5.41 Å². The van der Waals surface area contributed by atoms with E-state index in [1.807, 2.05) is 6.07 Å². The third kappa shape index (κ3) is 3.15. The Morgan fingerprint density at radius 2 is 1.33 bits per heavy atom. The molecule has 8 rings (SSSR count). The van der Waals surface area contributed by atoms with Crippen molar-refractivity contribution in [3.05, 3.63) is 139 Å². The summed E-state index contributed by atoms with van der Waals surface area (Å²) in [5.74, 6) is 0.